The van der Waals surface area contributed by atoms with Crippen molar-refractivity contribution in [2.24, 2.45) is 0 Å². The fourth-order valence-corrected chi connectivity index (χ4v) is 2.75. The van der Waals surface area contributed by atoms with Gasteiger partial charge in [-0.2, -0.15) is 0 Å². The molecule has 0 radical (unpaired) electrons. The van der Waals surface area contributed by atoms with Crippen molar-refractivity contribution in [3.63, 3.8) is 0 Å². The van der Waals surface area contributed by atoms with Crippen molar-refractivity contribution in [3.8, 4) is 0 Å². The van der Waals surface area contributed by atoms with Crippen LogP contribution in [0.4, 0.5) is 15.6 Å². The van der Waals surface area contributed by atoms with E-state index >= 15 is 0 Å². The van der Waals surface area contributed by atoms with E-state index in [-0.39, 0.29) is 24.6 Å². The average molecular weight is 378 g/mol. The summed E-state index contributed by atoms with van der Waals surface area (Å²) in [6.45, 7) is 2.00. The van der Waals surface area contributed by atoms with Crippen molar-refractivity contribution in [1.29, 1.82) is 0 Å². The van der Waals surface area contributed by atoms with E-state index in [1.54, 1.807) is 31.2 Å². The molecule has 0 aliphatic rings. The number of nitrogens with zero attached hydrogens (tertiary/aromatic N) is 2. The van der Waals surface area contributed by atoms with Crippen molar-refractivity contribution in [1.82, 2.24) is 10.2 Å². The number of aliphatic carboxylic acids is 1. The van der Waals surface area contributed by atoms with Crippen LogP contribution in [0.3, 0.4) is 0 Å². The van der Waals surface area contributed by atoms with Gasteiger partial charge in [-0.3, -0.25) is 14.9 Å². The van der Waals surface area contributed by atoms with Crippen LogP contribution in [0.2, 0.25) is 0 Å². The molecular formula is C16H18N4O5S. The molecule has 2 aromatic rings. The number of carboxylic acid groups (broad SMARTS) is 1. The summed E-state index contributed by atoms with van der Waals surface area (Å²) in [4.78, 5) is 34.0. The van der Waals surface area contributed by atoms with E-state index in [0.717, 1.165) is 16.9 Å². The molecule has 0 aliphatic heterocycles. The molecule has 0 spiro atoms. The molecule has 1 aromatic heterocycles. The van der Waals surface area contributed by atoms with Crippen LogP contribution >= 0.6 is 11.3 Å². The zero-order valence-corrected chi connectivity index (χ0v) is 14.8. The predicted molar refractivity (Wildman–Crippen MR) is 95.3 cm³/mol. The van der Waals surface area contributed by atoms with Gasteiger partial charge >= 0.3 is 18.0 Å². The number of rotatable bonds is 8. The molecule has 1 aromatic carbocycles. The van der Waals surface area contributed by atoms with Gasteiger partial charge in [-0.25, -0.2) is 4.79 Å². The third kappa shape index (κ3) is 6.48. The third-order valence-corrected chi connectivity index (χ3v) is 3.94. The first kappa shape index (κ1) is 19.3. The van der Waals surface area contributed by atoms with E-state index in [1.165, 1.54) is 0 Å². The number of urea groups is 1. The first-order valence-electron chi connectivity index (χ1n) is 7.83. The summed E-state index contributed by atoms with van der Waals surface area (Å²) in [5.74, 6) is -1.28. The Morgan fingerprint density at radius 3 is 2.77 bits per heavy atom. The summed E-state index contributed by atoms with van der Waals surface area (Å²) in [5.41, 5.74) is 1.33. The van der Waals surface area contributed by atoms with Gasteiger partial charge in [0.15, 0.2) is 0 Å². The summed E-state index contributed by atoms with van der Waals surface area (Å²) in [6, 6.07) is 6.40. The highest BCUT2D eigenvalue weighted by Crippen LogP contribution is 2.17. The van der Waals surface area contributed by atoms with Gasteiger partial charge in [0.1, 0.15) is 5.01 Å². The van der Waals surface area contributed by atoms with Crippen molar-refractivity contribution in [2.45, 2.75) is 26.2 Å². The van der Waals surface area contributed by atoms with E-state index in [1.807, 2.05) is 0 Å². The van der Waals surface area contributed by atoms with Crippen LogP contribution < -0.4 is 10.6 Å². The SMILES string of the molecule is CCOC(=O)Cc1nnc(NC(=O)Nc2cccc(CCC(=O)O)c2)s1. The first-order valence-corrected chi connectivity index (χ1v) is 8.64. The summed E-state index contributed by atoms with van der Waals surface area (Å²) in [7, 11) is 0. The second-order valence-corrected chi connectivity index (χ2v) is 6.22. The molecule has 0 atom stereocenters. The van der Waals surface area contributed by atoms with E-state index in [2.05, 4.69) is 20.8 Å². The Morgan fingerprint density at radius 1 is 1.23 bits per heavy atom. The quantitative estimate of drug-likeness (QED) is 0.601. The highest BCUT2D eigenvalue weighted by molar-refractivity contribution is 7.15. The average Bonchev–Trinajstić information content (AvgIpc) is 3.00. The minimum absolute atomic E-state index is 0.000425. The molecule has 0 bridgehead atoms. The van der Waals surface area contributed by atoms with Crippen LogP contribution in [0.5, 0.6) is 0 Å². The number of hydrogen-bond acceptors (Lipinski definition) is 7. The van der Waals surface area contributed by atoms with Crippen LogP contribution in [0.15, 0.2) is 24.3 Å². The number of carboxylic acids is 1. The Balaban J connectivity index is 1.88. The molecule has 2 amide bonds. The molecule has 10 heteroatoms. The molecule has 1 heterocycles. The Morgan fingerprint density at radius 2 is 2.04 bits per heavy atom. The lowest BCUT2D eigenvalue weighted by Crippen LogP contribution is -2.19. The minimum atomic E-state index is -0.879. The molecule has 0 fully saturated rings. The van der Waals surface area contributed by atoms with Gasteiger partial charge in [-0.05, 0) is 31.0 Å². The molecule has 0 saturated heterocycles. The smallest absolute Gasteiger partial charge is 0.325 e. The lowest BCUT2D eigenvalue weighted by molar-refractivity contribution is -0.142. The maximum absolute atomic E-state index is 12.0. The highest BCUT2D eigenvalue weighted by Gasteiger charge is 2.12. The summed E-state index contributed by atoms with van der Waals surface area (Å²) >= 11 is 1.08. The summed E-state index contributed by atoms with van der Waals surface area (Å²) in [6.07, 6.45) is 0.393. The fourth-order valence-electron chi connectivity index (χ4n) is 2.03. The van der Waals surface area contributed by atoms with E-state index < -0.39 is 18.0 Å². The van der Waals surface area contributed by atoms with Crippen molar-refractivity contribution in [2.75, 3.05) is 17.2 Å². The van der Waals surface area contributed by atoms with Gasteiger partial charge in [0.05, 0.1) is 13.0 Å². The van der Waals surface area contributed by atoms with Crippen LogP contribution in [-0.2, 0) is 27.2 Å². The Labute approximate surface area is 153 Å². The largest absolute Gasteiger partial charge is 0.481 e. The number of amides is 2. The van der Waals surface area contributed by atoms with E-state index in [4.69, 9.17) is 9.84 Å². The maximum Gasteiger partial charge on any atom is 0.325 e. The standard InChI is InChI=1S/C16H18N4O5S/c1-2-25-14(23)9-12-19-20-16(26-12)18-15(24)17-11-5-3-4-10(8-11)6-7-13(21)22/h3-5,8H,2,6-7,9H2,1H3,(H,21,22)(H2,17,18,20,24). The number of hydrogen-bond donors (Lipinski definition) is 3. The normalized spacial score (nSPS) is 10.2. The van der Waals surface area contributed by atoms with Crippen LogP contribution in [-0.4, -0.2) is 39.9 Å². The number of anilines is 2. The van der Waals surface area contributed by atoms with Gasteiger partial charge in [0, 0.05) is 12.1 Å². The molecule has 138 valence electrons. The lowest BCUT2D eigenvalue weighted by Gasteiger charge is -2.07. The highest BCUT2D eigenvalue weighted by atomic mass is 32.1. The number of carbonyl (C=O) groups excluding carboxylic acids is 2. The third-order valence-electron chi connectivity index (χ3n) is 3.10. The van der Waals surface area contributed by atoms with E-state index in [0.29, 0.717) is 17.1 Å². The van der Waals surface area contributed by atoms with Crippen LogP contribution in [0, 0.1) is 0 Å². The summed E-state index contributed by atoms with van der Waals surface area (Å²) in [5, 5.41) is 22.2. The van der Waals surface area contributed by atoms with Crippen molar-refractivity contribution >= 4 is 40.1 Å². The Hall–Kier alpha value is -3.01. The zero-order chi connectivity index (χ0) is 18.9. The number of benzene rings is 1. The van der Waals surface area contributed by atoms with Gasteiger partial charge in [-0.1, -0.05) is 23.5 Å². The molecular weight excluding hydrogens is 360 g/mol. The van der Waals surface area contributed by atoms with Crippen molar-refractivity contribution < 1.29 is 24.2 Å². The van der Waals surface area contributed by atoms with Gasteiger partial charge in [0.2, 0.25) is 5.13 Å². The predicted octanol–water partition coefficient (Wildman–Crippen LogP) is 2.30. The molecule has 0 unspecified atom stereocenters. The first-order chi connectivity index (χ1) is 12.5. The van der Waals surface area contributed by atoms with Crippen LogP contribution in [0.25, 0.3) is 0 Å². The maximum atomic E-state index is 12.0. The molecule has 0 aliphatic carbocycles. The Kier molecular flexibility index (Phi) is 7.03. The number of esters is 1. The molecule has 2 rings (SSSR count). The van der Waals surface area contributed by atoms with Crippen molar-refractivity contribution in [3.05, 3.63) is 34.8 Å². The molecule has 26 heavy (non-hydrogen) atoms. The van der Waals surface area contributed by atoms with Gasteiger partial charge < -0.3 is 15.2 Å². The number of carbonyl (C=O) groups is 3. The number of nitrogens with one attached hydrogen (secondary N) is 2. The Bertz CT molecular complexity index is 792. The number of aromatic nitrogens is 2. The number of aryl methyl sites for hydroxylation is 1. The monoisotopic (exact) mass is 378 g/mol. The second kappa shape index (κ2) is 9.47. The zero-order valence-electron chi connectivity index (χ0n) is 14.0. The molecule has 3 N–H and O–H groups in total. The van der Waals surface area contributed by atoms with Gasteiger partial charge in [0.25, 0.3) is 0 Å². The minimum Gasteiger partial charge on any atom is -0.481 e. The number of ether oxygens (including phenoxy) is 1. The van der Waals surface area contributed by atoms with Gasteiger partial charge in [-0.15, -0.1) is 10.2 Å². The second-order valence-electron chi connectivity index (χ2n) is 5.16. The van der Waals surface area contributed by atoms with E-state index in [9.17, 15) is 14.4 Å². The molecule has 9 nitrogen and oxygen atoms in total. The topological polar surface area (TPSA) is 131 Å². The fraction of sp³-hybridized carbons (Fsp3) is 0.312. The molecule has 0 saturated carbocycles. The lowest BCUT2D eigenvalue weighted by atomic mass is 10.1. The van der Waals surface area contributed by atoms with Crippen LogP contribution in [0.1, 0.15) is 23.9 Å². The summed E-state index contributed by atoms with van der Waals surface area (Å²) < 4.78 is 4.82.